The predicted molar refractivity (Wildman–Crippen MR) is 99.0 cm³/mol. The van der Waals surface area contributed by atoms with Gasteiger partial charge in [-0.25, -0.2) is 4.99 Å². The number of nitrogens with two attached hydrogens (primary N) is 1. The lowest BCUT2D eigenvalue weighted by molar-refractivity contribution is 0.230. The molecule has 1 aromatic rings. The van der Waals surface area contributed by atoms with Crippen LogP contribution in [0.15, 0.2) is 33.7 Å². The highest BCUT2D eigenvalue weighted by molar-refractivity contribution is 14.0. The van der Waals surface area contributed by atoms with Crippen LogP contribution < -0.4 is 15.8 Å². The van der Waals surface area contributed by atoms with Crippen molar-refractivity contribution in [3.63, 3.8) is 0 Å². The molecule has 114 valence electrons. The van der Waals surface area contributed by atoms with Crippen molar-refractivity contribution in [3.05, 3.63) is 28.7 Å². The van der Waals surface area contributed by atoms with E-state index in [1.807, 2.05) is 52.0 Å². The fourth-order valence-electron chi connectivity index (χ4n) is 1.46. The Kier molecular flexibility index (Phi) is 8.50. The maximum absolute atomic E-state index is 5.80. The van der Waals surface area contributed by atoms with E-state index in [1.165, 1.54) is 0 Å². The Morgan fingerprint density at radius 3 is 2.65 bits per heavy atom. The first-order valence-corrected chi connectivity index (χ1v) is 7.06. The molecular formula is C14H23BrIN3O. The van der Waals surface area contributed by atoms with Gasteiger partial charge in [-0.2, -0.15) is 0 Å². The van der Waals surface area contributed by atoms with E-state index >= 15 is 0 Å². The summed E-state index contributed by atoms with van der Waals surface area (Å²) in [6.45, 7) is 8.60. The van der Waals surface area contributed by atoms with Crippen molar-refractivity contribution >= 4 is 45.9 Å². The quantitative estimate of drug-likeness (QED) is 0.414. The van der Waals surface area contributed by atoms with Crippen molar-refractivity contribution in [1.82, 2.24) is 5.32 Å². The van der Waals surface area contributed by atoms with Crippen LogP contribution in [0.25, 0.3) is 0 Å². The molecule has 0 radical (unpaired) electrons. The van der Waals surface area contributed by atoms with Gasteiger partial charge in [0.05, 0.1) is 6.54 Å². The first-order chi connectivity index (χ1) is 8.76. The van der Waals surface area contributed by atoms with Gasteiger partial charge in [0.2, 0.25) is 0 Å². The van der Waals surface area contributed by atoms with Gasteiger partial charge in [0.1, 0.15) is 11.9 Å². The van der Waals surface area contributed by atoms with E-state index in [2.05, 4.69) is 26.2 Å². The molecule has 0 aliphatic carbocycles. The van der Waals surface area contributed by atoms with Crippen LogP contribution in [0.5, 0.6) is 5.75 Å². The van der Waals surface area contributed by atoms with Crippen LogP contribution in [0, 0.1) is 0 Å². The summed E-state index contributed by atoms with van der Waals surface area (Å²) in [6, 6.07) is 7.74. The van der Waals surface area contributed by atoms with Crippen LogP contribution >= 0.6 is 39.9 Å². The average Bonchev–Trinajstić information content (AvgIpc) is 2.24. The minimum absolute atomic E-state index is 0. The van der Waals surface area contributed by atoms with Gasteiger partial charge < -0.3 is 15.8 Å². The topological polar surface area (TPSA) is 59.6 Å². The summed E-state index contributed by atoms with van der Waals surface area (Å²) in [5, 5.41) is 3.11. The zero-order valence-corrected chi connectivity index (χ0v) is 16.2. The highest BCUT2D eigenvalue weighted by Gasteiger charge is 2.10. The third kappa shape index (κ3) is 8.63. The maximum atomic E-state index is 5.80. The molecule has 1 rings (SSSR count). The lowest BCUT2D eigenvalue weighted by Gasteiger charge is -2.21. The second kappa shape index (κ2) is 8.71. The lowest BCUT2D eigenvalue weighted by atomic mass is 10.1. The molecule has 0 aliphatic heterocycles. The summed E-state index contributed by atoms with van der Waals surface area (Å²) in [6.07, 6.45) is -0.0328. The first-order valence-electron chi connectivity index (χ1n) is 6.26. The van der Waals surface area contributed by atoms with E-state index in [0.29, 0.717) is 12.5 Å². The van der Waals surface area contributed by atoms with Crippen molar-refractivity contribution in [1.29, 1.82) is 0 Å². The Morgan fingerprint density at radius 1 is 1.45 bits per heavy atom. The number of aliphatic imine (C=N–C) groups is 1. The summed E-state index contributed by atoms with van der Waals surface area (Å²) in [7, 11) is 0. The van der Waals surface area contributed by atoms with Crippen LogP contribution in [0.2, 0.25) is 0 Å². The van der Waals surface area contributed by atoms with E-state index in [4.69, 9.17) is 10.5 Å². The molecule has 6 heteroatoms. The van der Waals surface area contributed by atoms with Crippen LogP contribution in [-0.2, 0) is 0 Å². The fourth-order valence-corrected chi connectivity index (χ4v) is 1.84. The highest BCUT2D eigenvalue weighted by atomic mass is 127. The zero-order valence-electron chi connectivity index (χ0n) is 12.3. The summed E-state index contributed by atoms with van der Waals surface area (Å²) >= 11 is 3.41. The molecule has 1 unspecified atom stereocenters. The molecule has 3 N–H and O–H groups in total. The molecule has 0 spiro atoms. The molecular weight excluding hydrogens is 433 g/mol. The van der Waals surface area contributed by atoms with Gasteiger partial charge in [-0.15, -0.1) is 24.0 Å². The van der Waals surface area contributed by atoms with Gasteiger partial charge in [-0.1, -0.05) is 22.0 Å². The van der Waals surface area contributed by atoms with Crippen LogP contribution in [0.1, 0.15) is 27.7 Å². The van der Waals surface area contributed by atoms with Gasteiger partial charge in [0, 0.05) is 10.0 Å². The monoisotopic (exact) mass is 455 g/mol. The second-order valence-corrected chi connectivity index (χ2v) is 6.40. The molecule has 0 saturated heterocycles. The third-order valence-electron chi connectivity index (χ3n) is 2.16. The van der Waals surface area contributed by atoms with Gasteiger partial charge in [-0.3, -0.25) is 0 Å². The number of rotatable bonds is 4. The normalized spacial score (nSPS) is 13.3. The molecule has 0 aromatic heterocycles. The molecule has 4 nitrogen and oxygen atoms in total. The average molecular weight is 456 g/mol. The minimum Gasteiger partial charge on any atom is -0.489 e. The Bertz CT molecular complexity index is 446. The van der Waals surface area contributed by atoms with Crippen molar-refractivity contribution in [2.24, 2.45) is 10.7 Å². The van der Waals surface area contributed by atoms with Crippen molar-refractivity contribution < 1.29 is 4.74 Å². The number of nitrogens with one attached hydrogen (secondary N) is 1. The molecule has 0 saturated carbocycles. The molecule has 1 atom stereocenters. The number of guanidine groups is 1. The smallest absolute Gasteiger partial charge is 0.189 e. The Balaban J connectivity index is 0.00000361. The van der Waals surface area contributed by atoms with Gasteiger partial charge in [0.25, 0.3) is 0 Å². The molecule has 20 heavy (non-hydrogen) atoms. The minimum atomic E-state index is -0.0814. The second-order valence-electron chi connectivity index (χ2n) is 5.49. The molecule has 0 aliphatic rings. The van der Waals surface area contributed by atoms with Crippen LogP contribution in [0.4, 0.5) is 0 Å². The maximum Gasteiger partial charge on any atom is 0.189 e. The third-order valence-corrected chi connectivity index (χ3v) is 2.65. The van der Waals surface area contributed by atoms with E-state index in [9.17, 15) is 0 Å². The van der Waals surface area contributed by atoms with Crippen molar-refractivity contribution in [3.8, 4) is 5.75 Å². The summed E-state index contributed by atoms with van der Waals surface area (Å²) in [4.78, 5) is 4.27. The predicted octanol–water partition coefficient (Wildman–Crippen LogP) is 3.54. The van der Waals surface area contributed by atoms with E-state index in [-0.39, 0.29) is 35.6 Å². The Morgan fingerprint density at radius 2 is 2.10 bits per heavy atom. The number of ether oxygens (including phenoxy) is 1. The Hall–Kier alpha value is -0.500. The van der Waals surface area contributed by atoms with Crippen LogP contribution in [0.3, 0.4) is 0 Å². The number of hydrogen-bond acceptors (Lipinski definition) is 2. The van der Waals surface area contributed by atoms with Crippen LogP contribution in [-0.4, -0.2) is 24.1 Å². The fraction of sp³-hybridized carbons (Fsp3) is 0.500. The molecule has 1 aromatic carbocycles. The first kappa shape index (κ1) is 19.5. The van der Waals surface area contributed by atoms with Crippen molar-refractivity contribution in [2.45, 2.75) is 39.3 Å². The Labute approximate surface area is 146 Å². The summed E-state index contributed by atoms with van der Waals surface area (Å²) < 4.78 is 6.75. The lowest BCUT2D eigenvalue weighted by Crippen LogP contribution is -2.45. The summed E-state index contributed by atoms with van der Waals surface area (Å²) in [5.41, 5.74) is 5.72. The van der Waals surface area contributed by atoms with E-state index in [0.717, 1.165) is 10.2 Å². The SMILES string of the molecule is CC(CN=C(N)NC(C)(C)C)Oc1cccc(Br)c1.I. The van der Waals surface area contributed by atoms with Gasteiger partial charge >= 0.3 is 0 Å². The number of halogens is 2. The largest absolute Gasteiger partial charge is 0.489 e. The van der Waals surface area contributed by atoms with E-state index in [1.54, 1.807) is 0 Å². The van der Waals surface area contributed by atoms with E-state index < -0.39 is 0 Å². The highest BCUT2D eigenvalue weighted by Crippen LogP contribution is 2.18. The molecule has 0 amide bonds. The summed E-state index contributed by atoms with van der Waals surface area (Å²) in [5.74, 6) is 1.26. The standard InChI is InChI=1S/C14H22BrN3O.HI/c1-10(9-17-13(16)18-14(2,3)4)19-12-7-5-6-11(15)8-12;/h5-8,10H,9H2,1-4H3,(H3,16,17,18);1H. The van der Waals surface area contributed by atoms with Gasteiger partial charge in [0.15, 0.2) is 5.96 Å². The number of hydrogen-bond donors (Lipinski definition) is 2. The number of benzene rings is 1. The number of nitrogens with zero attached hydrogens (tertiary/aromatic N) is 1. The molecule has 0 heterocycles. The van der Waals surface area contributed by atoms with Crippen molar-refractivity contribution in [2.75, 3.05) is 6.54 Å². The molecule has 0 bridgehead atoms. The zero-order chi connectivity index (χ0) is 14.5. The molecule has 0 fully saturated rings. The van der Waals surface area contributed by atoms with Gasteiger partial charge in [-0.05, 0) is 45.9 Å².